The van der Waals surface area contributed by atoms with Crippen molar-refractivity contribution < 1.29 is 19.1 Å². The van der Waals surface area contributed by atoms with Crippen LogP contribution in [0, 0.1) is 11.8 Å². The predicted octanol–water partition coefficient (Wildman–Crippen LogP) is 2.52. The van der Waals surface area contributed by atoms with E-state index in [-0.39, 0.29) is 17.7 Å². The molecule has 5 rings (SSSR count). The summed E-state index contributed by atoms with van der Waals surface area (Å²) >= 11 is 1.26. The summed E-state index contributed by atoms with van der Waals surface area (Å²) in [4.78, 5) is 37.0. The molecule has 1 N–H and O–H groups in total. The summed E-state index contributed by atoms with van der Waals surface area (Å²) in [5, 5.41) is 3.52. The average Bonchev–Trinajstić information content (AvgIpc) is 3.62. The van der Waals surface area contributed by atoms with Crippen molar-refractivity contribution in [3.63, 3.8) is 0 Å². The van der Waals surface area contributed by atoms with E-state index in [4.69, 9.17) is 9.47 Å². The largest absolute Gasteiger partial charge is 0.381 e. The van der Waals surface area contributed by atoms with Crippen LogP contribution in [0.5, 0.6) is 0 Å². The van der Waals surface area contributed by atoms with Gasteiger partial charge in [-0.2, -0.15) is 0 Å². The van der Waals surface area contributed by atoms with Crippen molar-refractivity contribution >= 4 is 33.9 Å². The lowest BCUT2D eigenvalue weighted by atomic mass is 9.99. The number of hydrogen-bond donors (Lipinski definition) is 1. The topological polar surface area (TPSA) is 98.1 Å². The molecule has 5 heterocycles. The molecule has 0 bridgehead atoms. The molecule has 2 aliphatic heterocycles. The Morgan fingerprint density at radius 1 is 1.15 bits per heavy atom. The van der Waals surface area contributed by atoms with Crippen molar-refractivity contribution in [3.05, 3.63) is 47.4 Å². The van der Waals surface area contributed by atoms with Gasteiger partial charge < -0.3 is 19.2 Å². The van der Waals surface area contributed by atoms with E-state index in [9.17, 15) is 9.59 Å². The van der Waals surface area contributed by atoms with E-state index < -0.39 is 0 Å². The third-order valence-electron chi connectivity index (χ3n) is 6.18. The maximum absolute atomic E-state index is 13.3. The highest BCUT2D eigenvalue weighted by Crippen LogP contribution is 2.29. The lowest BCUT2D eigenvalue weighted by molar-refractivity contribution is -0.122. The highest BCUT2D eigenvalue weighted by molar-refractivity contribution is 7.17. The monoisotopic (exact) mass is 469 g/mol. The van der Waals surface area contributed by atoms with Gasteiger partial charge in [-0.15, -0.1) is 0 Å². The Labute approximate surface area is 195 Å². The number of pyridine rings is 1. The minimum Gasteiger partial charge on any atom is -0.381 e. The summed E-state index contributed by atoms with van der Waals surface area (Å²) < 4.78 is 12.8. The maximum atomic E-state index is 13.3. The molecule has 10 heteroatoms. The first-order valence-corrected chi connectivity index (χ1v) is 12.1. The first-order chi connectivity index (χ1) is 16.2. The van der Waals surface area contributed by atoms with Crippen LogP contribution in [0.15, 0.2) is 36.9 Å². The van der Waals surface area contributed by atoms with Crippen LogP contribution in [0.3, 0.4) is 0 Å². The van der Waals surface area contributed by atoms with E-state index in [2.05, 4.69) is 15.3 Å². The van der Waals surface area contributed by atoms with E-state index in [1.54, 1.807) is 17.3 Å². The second-order valence-corrected chi connectivity index (χ2v) is 9.49. The van der Waals surface area contributed by atoms with Crippen molar-refractivity contribution in [2.75, 3.05) is 37.9 Å². The molecular formula is C23H27N5O4S. The van der Waals surface area contributed by atoms with Gasteiger partial charge in [0, 0.05) is 51.5 Å². The van der Waals surface area contributed by atoms with Crippen molar-refractivity contribution in [2.24, 2.45) is 11.8 Å². The predicted molar refractivity (Wildman–Crippen MR) is 123 cm³/mol. The van der Waals surface area contributed by atoms with E-state index in [1.807, 2.05) is 28.9 Å². The maximum Gasteiger partial charge on any atom is 0.263 e. The van der Waals surface area contributed by atoms with Gasteiger partial charge in [0.2, 0.25) is 5.91 Å². The van der Waals surface area contributed by atoms with Gasteiger partial charge in [0.05, 0.1) is 18.7 Å². The molecular weight excluding hydrogens is 442 g/mol. The fourth-order valence-corrected chi connectivity index (χ4v) is 5.08. The molecule has 174 valence electrons. The number of amides is 2. The molecule has 0 aromatic carbocycles. The zero-order valence-corrected chi connectivity index (χ0v) is 19.1. The first-order valence-electron chi connectivity index (χ1n) is 11.3. The van der Waals surface area contributed by atoms with Crippen LogP contribution >= 0.6 is 11.3 Å². The third-order valence-corrected chi connectivity index (χ3v) is 7.20. The number of aromatic nitrogens is 3. The number of fused-ring (bicyclic) bond motifs is 1. The molecule has 0 radical (unpaired) electrons. The van der Waals surface area contributed by atoms with Gasteiger partial charge in [0.1, 0.15) is 10.5 Å². The Kier molecular flexibility index (Phi) is 6.65. The number of rotatable bonds is 7. The lowest BCUT2D eigenvalue weighted by Gasteiger charge is -2.29. The number of anilines is 1. The summed E-state index contributed by atoms with van der Waals surface area (Å²) in [7, 11) is 0. The Balaban J connectivity index is 1.27. The number of nitrogens with one attached hydrogen (secondary N) is 1. The van der Waals surface area contributed by atoms with Crippen molar-refractivity contribution in [1.82, 2.24) is 19.7 Å². The second-order valence-electron chi connectivity index (χ2n) is 8.48. The molecule has 0 saturated carbocycles. The van der Waals surface area contributed by atoms with Crippen molar-refractivity contribution in [2.45, 2.75) is 25.8 Å². The third kappa shape index (κ3) is 5.07. The minimum atomic E-state index is -0.202. The van der Waals surface area contributed by atoms with Gasteiger partial charge >= 0.3 is 0 Å². The normalized spacial score (nSPS) is 19.1. The van der Waals surface area contributed by atoms with Crippen LogP contribution in [0.25, 0.3) is 5.65 Å². The Bertz CT molecular complexity index is 1120. The van der Waals surface area contributed by atoms with Gasteiger partial charge in [0.25, 0.3) is 5.91 Å². The summed E-state index contributed by atoms with van der Waals surface area (Å²) in [5.41, 5.74) is 1.83. The molecule has 0 aliphatic carbocycles. The fourth-order valence-electron chi connectivity index (χ4n) is 4.23. The average molecular weight is 470 g/mol. The summed E-state index contributed by atoms with van der Waals surface area (Å²) in [5.74, 6) is 0.0504. The van der Waals surface area contributed by atoms with E-state index in [0.717, 1.165) is 43.7 Å². The molecule has 0 spiro atoms. The Morgan fingerprint density at radius 3 is 2.82 bits per heavy atom. The van der Waals surface area contributed by atoms with Crippen LogP contribution in [-0.2, 0) is 20.8 Å². The van der Waals surface area contributed by atoms with E-state index in [1.165, 1.54) is 11.3 Å². The minimum absolute atomic E-state index is 0.0361. The summed E-state index contributed by atoms with van der Waals surface area (Å²) in [6, 6.07) is 3.86. The van der Waals surface area contributed by atoms with Gasteiger partial charge in [-0.3, -0.25) is 14.5 Å². The van der Waals surface area contributed by atoms with E-state index >= 15 is 0 Å². The number of nitrogens with zero attached hydrogens (tertiary/aromatic N) is 4. The second kappa shape index (κ2) is 9.98. The number of carbonyl (C=O) groups is 2. The molecule has 33 heavy (non-hydrogen) atoms. The Hall–Kier alpha value is -2.82. The quantitative estimate of drug-likeness (QED) is 0.571. The Morgan fingerprint density at radius 2 is 2.00 bits per heavy atom. The SMILES string of the molecule is O=C(NCc1ccc2nccn2c1)c1cnc(N(CC2CCOCC2)C(=O)C2CCOC2)s1. The zero-order valence-electron chi connectivity index (χ0n) is 18.3. The lowest BCUT2D eigenvalue weighted by Crippen LogP contribution is -2.41. The van der Waals surface area contributed by atoms with Gasteiger partial charge in [-0.05, 0) is 36.8 Å². The fraction of sp³-hybridized carbons (Fsp3) is 0.478. The van der Waals surface area contributed by atoms with Crippen LogP contribution in [0.2, 0.25) is 0 Å². The molecule has 2 saturated heterocycles. The number of ether oxygens (including phenoxy) is 2. The molecule has 2 fully saturated rings. The van der Waals surface area contributed by atoms with Crippen molar-refractivity contribution in [3.8, 4) is 0 Å². The molecule has 2 amide bonds. The van der Waals surface area contributed by atoms with Crippen LogP contribution in [0.4, 0.5) is 5.13 Å². The summed E-state index contributed by atoms with van der Waals surface area (Å²) in [6.07, 6.45) is 9.68. The van der Waals surface area contributed by atoms with Gasteiger partial charge in [-0.25, -0.2) is 9.97 Å². The molecule has 1 atom stereocenters. The standard InChI is InChI=1S/C23H27N5O4S/c29-21(25-11-17-1-2-20-24-6-7-27(20)13-17)19-12-26-23(33-19)28(14-16-3-8-31-9-4-16)22(30)18-5-10-32-15-18/h1-2,6-7,12-13,16,18H,3-5,8-11,14-15H2,(H,25,29). The molecule has 3 aromatic rings. The highest BCUT2D eigenvalue weighted by atomic mass is 32.1. The molecule has 2 aliphatic rings. The first kappa shape index (κ1) is 22.0. The zero-order chi connectivity index (χ0) is 22.6. The highest BCUT2D eigenvalue weighted by Gasteiger charge is 2.32. The van der Waals surface area contributed by atoms with Crippen LogP contribution in [-0.4, -0.2) is 59.2 Å². The van der Waals surface area contributed by atoms with Crippen molar-refractivity contribution in [1.29, 1.82) is 0 Å². The van der Waals surface area contributed by atoms with Crippen LogP contribution in [0.1, 0.15) is 34.5 Å². The number of hydrogen-bond acceptors (Lipinski definition) is 7. The number of imidazole rings is 1. The van der Waals surface area contributed by atoms with Crippen LogP contribution < -0.4 is 10.2 Å². The smallest absolute Gasteiger partial charge is 0.263 e. The van der Waals surface area contributed by atoms with Gasteiger partial charge in [-0.1, -0.05) is 17.4 Å². The van der Waals surface area contributed by atoms with E-state index in [0.29, 0.717) is 42.2 Å². The number of thiazole rings is 1. The molecule has 9 nitrogen and oxygen atoms in total. The molecule has 3 aromatic heterocycles. The molecule has 1 unspecified atom stereocenters. The van der Waals surface area contributed by atoms with Gasteiger partial charge in [0.15, 0.2) is 5.13 Å². The summed E-state index contributed by atoms with van der Waals surface area (Å²) in [6.45, 7) is 3.48. The number of carbonyl (C=O) groups excluding carboxylic acids is 2.